The van der Waals surface area contributed by atoms with Gasteiger partial charge in [-0.3, -0.25) is 5.10 Å². The molecule has 5 heteroatoms. The van der Waals surface area contributed by atoms with Gasteiger partial charge >= 0.3 is 0 Å². The van der Waals surface area contributed by atoms with Gasteiger partial charge in [0.25, 0.3) is 0 Å². The first-order valence-electron chi connectivity index (χ1n) is 7.59. The molecule has 1 atom stereocenters. The second kappa shape index (κ2) is 5.12. The molecule has 1 aliphatic heterocycles. The van der Waals surface area contributed by atoms with Crippen LogP contribution in [0.4, 0.5) is 5.95 Å². The van der Waals surface area contributed by atoms with Crippen LogP contribution in [0.15, 0.2) is 0 Å². The zero-order chi connectivity index (χ0) is 13.3. The van der Waals surface area contributed by atoms with Crippen LogP contribution in [0.1, 0.15) is 51.8 Å². The van der Waals surface area contributed by atoms with E-state index in [0.717, 1.165) is 31.4 Å². The lowest BCUT2D eigenvalue weighted by molar-refractivity contribution is 0.305. The molecule has 0 aromatic carbocycles. The van der Waals surface area contributed by atoms with Crippen LogP contribution in [0, 0.1) is 0 Å². The van der Waals surface area contributed by atoms with Crippen LogP contribution in [0.25, 0.3) is 0 Å². The summed E-state index contributed by atoms with van der Waals surface area (Å²) < 4.78 is 0. The van der Waals surface area contributed by atoms with Gasteiger partial charge in [-0.25, -0.2) is 0 Å². The van der Waals surface area contributed by atoms with E-state index in [-0.39, 0.29) is 5.41 Å². The number of nitrogens with one attached hydrogen (secondary N) is 2. The Morgan fingerprint density at radius 1 is 1.26 bits per heavy atom. The third kappa shape index (κ3) is 2.61. The fraction of sp³-hybridized carbons (Fsp3) is 0.857. The van der Waals surface area contributed by atoms with Crippen molar-refractivity contribution in [2.24, 2.45) is 0 Å². The first-order valence-corrected chi connectivity index (χ1v) is 7.59. The van der Waals surface area contributed by atoms with Crippen LogP contribution in [0.2, 0.25) is 0 Å². The normalized spacial score (nSPS) is 27.5. The number of aromatic amines is 1. The summed E-state index contributed by atoms with van der Waals surface area (Å²) in [5.74, 6) is 1.98. The lowest BCUT2D eigenvalue weighted by Crippen LogP contribution is -2.49. The number of hydrogen-bond acceptors (Lipinski definition) is 4. The molecule has 2 aliphatic rings. The van der Waals surface area contributed by atoms with Crippen LogP contribution < -0.4 is 10.2 Å². The van der Waals surface area contributed by atoms with Gasteiger partial charge in [-0.2, -0.15) is 4.98 Å². The Hall–Kier alpha value is -1.10. The second-order valence-electron chi connectivity index (χ2n) is 6.41. The maximum atomic E-state index is 4.80. The Morgan fingerprint density at radius 3 is 2.79 bits per heavy atom. The molecule has 106 valence electrons. The number of aromatic nitrogens is 3. The van der Waals surface area contributed by atoms with E-state index in [9.17, 15) is 0 Å². The lowest BCUT2D eigenvalue weighted by atomic mass is 9.75. The summed E-state index contributed by atoms with van der Waals surface area (Å²) in [4.78, 5) is 7.08. The molecule has 2 heterocycles. The third-order valence-electron chi connectivity index (χ3n) is 4.65. The fourth-order valence-electron chi connectivity index (χ4n) is 3.35. The molecule has 0 spiro atoms. The minimum absolute atomic E-state index is 0.211. The highest BCUT2D eigenvalue weighted by Crippen LogP contribution is 2.37. The van der Waals surface area contributed by atoms with E-state index < -0.39 is 0 Å². The van der Waals surface area contributed by atoms with Crippen molar-refractivity contribution in [3.63, 3.8) is 0 Å². The molecule has 0 radical (unpaired) electrons. The summed E-state index contributed by atoms with van der Waals surface area (Å²) in [6.07, 6.45) is 6.47. The maximum Gasteiger partial charge on any atom is 0.244 e. The topological polar surface area (TPSA) is 56.8 Å². The molecule has 1 aromatic rings. The predicted molar refractivity (Wildman–Crippen MR) is 76.5 cm³/mol. The van der Waals surface area contributed by atoms with Gasteiger partial charge in [-0.15, -0.1) is 5.10 Å². The smallest absolute Gasteiger partial charge is 0.244 e. The van der Waals surface area contributed by atoms with E-state index in [2.05, 4.69) is 34.3 Å². The molecule has 1 saturated carbocycles. The molecule has 19 heavy (non-hydrogen) atoms. The van der Waals surface area contributed by atoms with Gasteiger partial charge in [-0.1, -0.05) is 26.2 Å². The largest absolute Gasteiger partial charge is 0.337 e. The number of H-pyrrole nitrogens is 1. The highest BCUT2D eigenvalue weighted by molar-refractivity contribution is 5.31. The van der Waals surface area contributed by atoms with E-state index in [0.29, 0.717) is 6.04 Å². The van der Waals surface area contributed by atoms with Gasteiger partial charge in [0.05, 0.1) is 0 Å². The van der Waals surface area contributed by atoms with E-state index in [4.69, 9.17) is 4.98 Å². The van der Waals surface area contributed by atoms with Gasteiger partial charge in [0.1, 0.15) is 5.82 Å². The lowest BCUT2D eigenvalue weighted by Gasteiger charge is -2.32. The van der Waals surface area contributed by atoms with Crippen LogP contribution in [-0.4, -0.2) is 40.9 Å². The monoisotopic (exact) mass is 263 g/mol. The molecule has 1 aliphatic carbocycles. The van der Waals surface area contributed by atoms with E-state index >= 15 is 0 Å². The molecule has 2 N–H and O–H groups in total. The number of nitrogens with zero attached hydrogens (tertiary/aromatic N) is 3. The molecule has 1 aromatic heterocycles. The highest BCUT2D eigenvalue weighted by Gasteiger charge is 2.33. The number of rotatable bonds is 2. The fourth-order valence-corrected chi connectivity index (χ4v) is 3.35. The van der Waals surface area contributed by atoms with Crippen molar-refractivity contribution in [3.8, 4) is 0 Å². The zero-order valence-electron chi connectivity index (χ0n) is 12.1. The molecule has 2 fully saturated rings. The number of piperazine rings is 1. The van der Waals surface area contributed by atoms with Crippen molar-refractivity contribution in [2.45, 2.75) is 57.4 Å². The van der Waals surface area contributed by atoms with E-state index in [1.54, 1.807) is 0 Å². The number of anilines is 1. The Morgan fingerprint density at radius 2 is 2.05 bits per heavy atom. The summed E-state index contributed by atoms with van der Waals surface area (Å²) in [6.45, 7) is 7.55. The van der Waals surface area contributed by atoms with Gasteiger partial charge < -0.3 is 10.2 Å². The summed E-state index contributed by atoms with van der Waals surface area (Å²) in [5.41, 5.74) is 0.211. The van der Waals surface area contributed by atoms with E-state index in [1.165, 1.54) is 32.1 Å². The van der Waals surface area contributed by atoms with E-state index in [1.807, 2.05) is 0 Å². The second-order valence-corrected chi connectivity index (χ2v) is 6.41. The summed E-state index contributed by atoms with van der Waals surface area (Å²) >= 11 is 0. The van der Waals surface area contributed by atoms with Crippen molar-refractivity contribution >= 4 is 5.95 Å². The first-order chi connectivity index (χ1) is 9.17. The van der Waals surface area contributed by atoms with Crippen molar-refractivity contribution in [1.82, 2.24) is 20.5 Å². The van der Waals surface area contributed by atoms with Crippen molar-refractivity contribution in [3.05, 3.63) is 5.82 Å². The Kier molecular flexibility index (Phi) is 3.48. The minimum atomic E-state index is 0.211. The molecular weight excluding hydrogens is 238 g/mol. The number of hydrogen-bond donors (Lipinski definition) is 2. The van der Waals surface area contributed by atoms with Crippen molar-refractivity contribution < 1.29 is 0 Å². The standard InChI is InChI=1S/C14H25N5/c1-11-10-19(9-8-15-11)13-16-12(17-18-13)14(2)6-4-3-5-7-14/h11,15H,3-10H2,1-2H3,(H,16,17,18)/t11-/m0/s1. The quantitative estimate of drug-likeness (QED) is 0.854. The van der Waals surface area contributed by atoms with Gasteiger partial charge in [0.2, 0.25) is 5.95 Å². The zero-order valence-corrected chi connectivity index (χ0v) is 12.1. The van der Waals surface area contributed by atoms with Gasteiger partial charge in [0.15, 0.2) is 0 Å². The third-order valence-corrected chi connectivity index (χ3v) is 4.65. The molecule has 0 bridgehead atoms. The van der Waals surface area contributed by atoms with Crippen LogP contribution >= 0.6 is 0 Å². The molecule has 0 amide bonds. The molecule has 3 rings (SSSR count). The van der Waals surface area contributed by atoms with Crippen LogP contribution in [0.3, 0.4) is 0 Å². The Balaban J connectivity index is 1.75. The SMILES string of the molecule is C[C@H]1CN(c2n[nH]c(C3(C)CCCCC3)n2)CCN1. The molecular formula is C14H25N5. The van der Waals surface area contributed by atoms with Crippen molar-refractivity contribution in [1.29, 1.82) is 0 Å². The molecule has 1 saturated heterocycles. The molecule has 0 unspecified atom stereocenters. The average molecular weight is 263 g/mol. The van der Waals surface area contributed by atoms with Crippen LogP contribution in [0.5, 0.6) is 0 Å². The predicted octanol–water partition coefficient (Wildman–Crippen LogP) is 1.82. The molecule has 5 nitrogen and oxygen atoms in total. The van der Waals surface area contributed by atoms with Crippen molar-refractivity contribution in [2.75, 3.05) is 24.5 Å². The first kappa shape index (κ1) is 12.9. The summed E-state index contributed by atoms with van der Waals surface area (Å²) in [7, 11) is 0. The summed E-state index contributed by atoms with van der Waals surface area (Å²) in [5, 5.41) is 11.1. The van der Waals surface area contributed by atoms with Gasteiger partial charge in [-0.05, 0) is 19.8 Å². The average Bonchev–Trinajstić information content (AvgIpc) is 2.90. The maximum absolute atomic E-state index is 4.80. The Labute approximate surface area is 115 Å². The van der Waals surface area contributed by atoms with Crippen LogP contribution in [-0.2, 0) is 5.41 Å². The summed E-state index contributed by atoms with van der Waals surface area (Å²) in [6, 6.07) is 0.515. The highest BCUT2D eigenvalue weighted by atomic mass is 15.4. The Bertz CT molecular complexity index is 421. The minimum Gasteiger partial charge on any atom is -0.337 e. The van der Waals surface area contributed by atoms with Gasteiger partial charge in [0, 0.05) is 31.1 Å².